The highest BCUT2D eigenvalue weighted by molar-refractivity contribution is 6.58. The lowest BCUT2D eigenvalue weighted by Gasteiger charge is -2.10. The van der Waals surface area contributed by atoms with E-state index in [4.69, 9.17) is 4.74 Å². The second kappa shape index (κ2) is 6.00. The molecule has 0 aliphatic carbocycles. The third-order valence-electron chi connectivity index (χ3n) is 3.43. The van der Waals surface area contributed by atoms with Gasteiger partial charge < -0.3 is 14.8 Å². The smallest absolute Gasteiger partial charge is 0.488 e. The predicted molar refractivity (Wildman–Crippen MR) is 84.5 cm³/mol. The minimum atomic E-state index is -1.48. The van der Waals surface area contributed by atoms with Gasteiger partial charge in [-0.2, -0.15) is 0 Å². The Morgan fingerprint density at radius 1 is 0.857 bits per heavy atom. The highest BCUT2D eigenvalue weighted by Gasteiger charge is 2.11. The van der Waals surface area contributed by atoms with Crippen molar-refractivity contribution in [3.63, 3.8) is 0 Å². The third-order valence-corrected chi connectivity index (χ3v) is 3.43. The first-order chi connectivity index (χ1) is 10.2. The zero-order valence-electron chi connectivity index (χ0n) is 11.4. The lowest BCUT2D eigenvalue weighted by molar-refractivity contribution is 0.307. The highest BCUT2D eigenvalue weighted by atomic mass is 16.5. The van der Waals surface area contributed by atoms with Crippen LogP contribution in [0.4, 0.5) is 0 Å². The molecule has 0 bridgehead atoms. The average Bonchev–Trinajstić information content (AvgIpc) is 2.53. The summed E-state index contributed by atoms with van der Waals surface area (Å²) in [6.45, 7) is 0.437. The second-order valence-corrected chi connectivity index (χ2v) is 4.87. The van der Waals surface area contributed by atoms with Gasteiger partial charge in [0.1, 0.15) is 12.4 Å². The lowest BCUT2D eigenvalue weighted by Crippen LogP contribution is -2.29. The van der Waals surface area contributed by atoms with E-state index >= 15 is 0 Å². The molecule has 2 N–H and O–H groups in total. The molecule has 21 heavy (non-hydrogen) atoms. The lowest BCUT2D eigenvalue weighted by atomic mass is 9.80. The molecule has 0 aliphatic rings. The molecular formula is C17H15BO3. The van der Waals surface area contributed by atoms with Gasteiger partial charge in [-0.3, -0.25) is 0 Å². The van der Waals surface area contributed by atoms with Crippen LogP contribution in [0, 0.1) is 0 Å². The summed E-state index contributed by atoms with van der Waals surface area (Å²) in [7, 11) is -1.48. The second-order valence-electron chi connectivity index (χ2n) is 4.87. The maximum Gasteiger partial charge on any atom is 0.488 e. The van der Waals surface area contributed by atoms with Crippen LogP contribution in [0.5, 0.6) is 5.75 Å². The number of benzene rings is 3. The van der Waals surface area contributed by atoms with Gasteiger partial charge in [-0.15, -0.1) is 0 Å². The first-order valence-corrected chi connectivity index (χ1v) is 6.79. The molecule has 0 atom stereocenters. The van der Waals surface area contributed by atoms with Gasteiger partial charge in [-0.1, -0.05) is 54.6 Å². The summed E-state index contributed by atoms with van der Waals surface area (Å²) in [5, 5.41) is 20.7. The number of hydrogen-bond acceptors (Lipinski definition) is 3. The van der Waals surface area contributed by atoms with Gasteiger partial charge in [-0.25, -0.2) is 0 Å². The fraction of sp³-hybridized carbons (Fsp3) is 0.0588. The highest BCUT2D eigenvalue weighted by Crippen LogP contribution is 2.20. The van der Waals surface area contributed by atoms with Crippen LogP contribution in [0.25, 0.3) is 10.8 Å². The van der Waals surface area contributed by atoms with Gasteiger partial charge in [0.25, 0.3) is 0 Å². The van der Waals surface area contributed by atoms with Crippen LogP contribution in [-0.2, 0) is 6.61 Å². The molecule has 0 spiro atoms. The topological polar surface area (TPSA) is 49.7 Å². The molecule has 3 rings (SSSR count). The minimum Gasteiger partial charge on any atom is -0.489 e. The zero-order chi connectivity index (χ0) is 14.7. The zero-order valence-corrected chi connectivity index (χ0v) is 11.4. The van der Waals surface area contributed by atoms with E-state index in [1.165, 1.54) is 10.8 Å². The SMILES string of the molecule is OB(O)c1cccc(OCc2cccc3ccccc23)c1. The maximum atomic E-state index is 9.17. The third kappa shape index (κ3) is 3.07. The van der Waals surface area contributed by atoms with E-state index < -0.39 is 7.12 Å². The molecule has 3 nitrogen and oxygen atoms in total. The first-order valence-electron chi connectivity index (χ1n) is 6.79. The van der Waals surface area contributed by atoms with E-state index in [0.29, 0.717) is 17.8 Å². The summed E-state index contributed by atoms with van der Waals surface area (Å²) in [5.74, 6) is 0.619. The standard InChI is InChI=1S/C17H15BO3/c19-18(20)15-8-4-9-16(11-15)21-12-14-7-3-6-13-5-1-2-10-17(13)14/h1-11,19-20H,12H2. The summed E-state index contributed by atoms with van der Waals surface area (Å²) < 4.78 is 5.77. The number of hydrogen-bond donors (Lipinski definition) is 2. The van der Waals surface area contributed by atoms with Gasteiger partial charge in [0.05, 0.1) is 0 Å². The molecule has 3 aromatic carbocycles. The summed E-state index contributed by atoms with van der Waals surface area (Å²) in [6, 6.07) is 21.1. The normalized spacial score (nSPS) is 10.6. The number of rotatable bonds is 4. The number of ether oxygens (including phenoxy) is 1. The van der Waals surface area contributed by atoms with Crippen LogP contribution in [0.3, 0.4) is 0 Å². The molecule has 3 aromatic rings. The van der Waals surface area contributed by atoms with Crippen molar-refractivity contribution in [2.24, 2.45) is 0 Å². The van der Waals surface area contributed by atoms with Crippen molar-refractivity contribution >= 4 is 23.4 Å². The quantitative estimate of drug-likeness (QED) is 0.718. The Morgan fingerprint density at radius 3 is 2.48 bits per heavy atom. The van der Waals surface area contributed by atoms with Crippen molar-refractivity contribution in [2.45, 2.75) is 6.61 Å². The Bertz CT molecular complexity index is 750. The van der Waals surface area contributed by atoms with Crippen molar-refractivity contribution in [1.82, 2.24) is 0 Å². The van der Waals surface area contributed by atoms with Crippen LogP contribution in [0.1, 0.15) is 5.56 Å². The molecule has 0 unspecified atom stereocenters. The van der Waals surface area contributed by atoms with Gasteiger partial charge in [0.15, 0.2) is 0 Å². The molecule has 0 heterocycles. The average molecular weight is 278 g/mol. The molecule has 0 saturated heterocycles. The predicted octanol–water partition coefficient (Wildman–Crippen LogP) is 2.10. The Hall–Kier alpha value is -2.30. The molecule has 0 radical (unpaired) electrons. The van der Waals surface area contributed by atoms with E-state index in [0.717, 1.165) is 5.56 Å². The molecule has 0 saturated carbocycles. The summed E-state index contributed by atoms with van der Waals surface area (Å²) in [6.07, 6.45) is 0. The molecule has 0 amide bonds. The fourth-order valence-corrected chi connectivity index (χ4v) is 2.34. The van der Waals surface area contributed by atoms with Crippen LogP contribution < -0.4 is 10.2 Å². The van der Waals surface area contributed by atoms with Crippen molar-refractivity contribution in [1.29, 1.82) is 0 Å². The van der Waals surface area contributed by atoms with Gasteiger partial charge >= 0.3 is 7.12 Å². The monoisotopic (exact) mass is 278 g/mol. The van der Waals surface area contributed by atoms with Gasteiger partial charge in [-0.05, 0) is 33.9 Å². The Kier molecular flexibility index (Phi) is 3.91. The summed E-state index contributed by atoms with van der Waals surface area (Å²) in [5.41, 5.74) is 1.52. The van der Waals surface area contributed by atoms with Crippen molar-refractivity contribution in [3.05, 3.63) is 72.3 Å². The summed E-state index contributed by atoms with van der Waals surface area (Å²) in [4.78, 5) is 0. The van der Waals surface area contributed by atoms with Gasteiger partial charge in [0, 0.05) is 0 Å². The first kappa shape index (κ1) is 13.7. The van der Waals surface area contributed by atoms with E-state index in [2.05, 4.69) is 18.2 Å². The Morgan fingerprint density at radius 2 is 1.62 bits per heavy atom. The van der Waals surface area contributed by atoms with E-state index in [1.54, 1.807) is 24.3 Å². The molecular weight excluding hydrogens is 263 g/mol. The van der Waals surface area contributed by atoms with Gasteiger partial charge in [0.2, 0.25) is 0 Å². The van der Waals surface area contributed by atoms with Crippen molar-refractivity contribution in [2.75, 3.05) is 0 Å². The van der Waals surface area contributed by atoms with Crippen LogP contribution in [-0.4, -0.2) is 17.2 Å². The summed E-state index contributed by atoms with van der Waals surface area (Å²) >= 11 is 0. The molecule has 4 heteroatoms. The van der Waals surface area contributed by atoms with Crippen LogP contribution in [0.15, 0.2) is 66.7 Å². The Labute approximate surface area is 123 Å². The Balaban J connectivity index is 1.82. The maximum absolute atomic E-state index is 9.17. The molecule has 0 aromatic heterocycles. The minimum absolute atomic E-state index is 0.422. The van der Waals surface area contributed by atoms with Crippen molar-refractivity contribution in [3.8, 4) is 5.75 Å². The molecule has 0 aliphatic heterocycles. The van der Waals surface area contributed by atoms with Crippen LogP contribution >= 0.6 is 0 Å². The van der Waals surface area contributed by atoms with E-state index in [-0.39, 0.29) is 0 Å². The number of fused-ring (bicyclic) bond motifs is 1. The van der Waals surface area contributed by atoms with Crippen molar-refractivity contribution < 1.29 is 14.8 Å². The molecule has 104 valence electrons. The van der Waals surface area contributed by atoms with E-state index in [1.807, 2.05) is 24.3 Å². The fourth-order valence-electron chi connectivity index (χ4n) is 2.34. The van der Waals surface area contributed by atoms with Crippen LogP contribution in [0.2, 0.25) is 0 Å². The molecule has 0 fully saturated rings. The van der Waals surface area contributed by atoms with E-state index in [9.17, 15) is 10.0 Å². The largest absolute Gasteiger partial charge is 0.489 e.